The maximum atomic E-state index is 9.30. The van der Waals surface area contributed by atoms with Crippen LogP contribution in [0, 0.1) is 11.3 Å². The Morgan fingerprint density at radius 3 is 1.80 bits per heavy atom. The summed E-state index contributed by atoms with van der Waals surface area (Å²) in [6.07, 6.45) is 0. The molecule has 0 fully saturated rings. The highest BCUT2D eigenvalue weighted by Gasteiger charge is 2.11. The molecule has 0 amide bonds. The summed E-state index contributed by atoms with van der Waals surface area (Å²) in [4.78, 5) is 0. The number of nitriles is 1. The average molecular weight is 266 g/mol. The van der Waals surface area contributed by atoms with Crippen LogP contribution in [-0.4, -0.2) is 5.11 Å². The molecule has 102 valence electrons. The van der Waals surface area contributed by atoms with Crippen molar-refractivity contribution in [2.45, 2.75) is 25.9 Å². The normalized spacial score (nSPS) is 13.4. The quantitative estimate of drug-likeness (QED) is 0.887. The van der Waals surface area contributed by atoms with Crippen molar-refractivity contribution in [3.05, 3.63) is 65.2 Å². The molecule has 2 unspecified atom stereocenters. The molecule has 2 rings (SSSR count). The van der Waals surface area contributed by atoms with Gasteiger partial charge in [-0.1, -0.05) is 24.3 Å². The molecule has 2 atom stereocenters. The minimum Gasteiger partial charge on any atom is -0.508 e. The zero-order chi connectivity index (χ0) is 14.5. The molecule has 0 aliphatic rings. The van der Waals surface area contributed by atoms with E-state index in [9.17, 15) is 5.11 Å². The van der Waals surface area contributed by atoms with Crippen molar-refractivity contribution in [1.29, 1.82) is 5.26 Å². The van der Waals surface area contributed by atoms with Gasteiger partial charge in [0.25, 0.3) is 0 Å². The van der Waals surface area contributed by atoms with E-state index in [1.54, 1.807) is 12.1 Å². The van der Waals surface area contributed by atoms with Crippen molar-refractivity contribution in [3.8, 4) is 11.8 Å². The summed E-state index contributed by atoms with van der Waals surface area (Å²) in [6.45, 7) is 4.19. The van der Waals surface area contributed by atoms with Crippen LogP contribution in [0.15, 0.2) is 48.5 Å². The van der Waals surface area contributed by atoms with E-state index in [4.69, 9.17) is 5.26 Å². The molecule has 2 aromatic carbocycles. The van der Waals surface area contributed by atoms with Crippen LogP contribution in [0.1, 0.15) is 42.6 Å². The van der Waals surface area contributed by atoms with Crippen LogP contribution in [0.2, 0.25) is 0 Å². The molecule has 0 aromatic heterocycles. The van der Waals surface area contributed by atoms with E-state index in [1.807, 2.05) is 36.4 Å². The Labute approximate surface area is 119 Å². The highest BCUT2D eigenvalue weighted by molar-refractivity contribution is 5.33. The van der Waals surface area contributed by atoms with E-state index >= 15 is 0 Å². The topological polar surface area (TPSA) is 56.0 Å². The molecule has 0 bridgehead atoms. The summed E-state index contributed by atoms with van der Waals surface area (Å²) in [5, 5.41) is 21.6. The fourth-order valence-corrected chi connectivity index (χ4v) is 2.18. The summed E-state index contributed by atoms with van der Waals surface area (Å²) < 4.78 is 0. The van der Waals surface area contributed by atoms with Gasteiger partial charge in [-0.25, -0.2) is 0 Å². The SMILES string of the molecule is CC(NC(C)c1ccc(C#N)cc1)c1ccc(O)cc1. The summed E-state index contributed by atoms with van der Waals surface area (Å²) in [5.74, 6) is 0.279. The van der Waals surface area contributed by atoms with Gasteiger partial charge in [-0.15, -0.1) is 0 Å². The van der Waals surface area contributed by atoms with Gasteiger partial charge >= 0.3 is 0 Å². The monoisotopic (exact) mass is 266 g/mol. The van der Waals surface area contributed by atoms with Crippen LogP contribution >= 0.6 is 0 Å². The Balaban J connectivity index is 2.04. The first-order chi connectivity index (χ1) is 9.60. The van der Waals surface area contributed by atoms with Gasteiger partial charge in [-0.05, 0) is 49.2 Å². The first-order valence-corrected chi connectivity index (χ1v) is 6.65. The fraction of sp³-hybridized carbons (Fsp3) is 0.235. The second kappa shape index (κ2) is 6.23. The third kappa shape index (κ3) is 3.37. The Kier molecular flexibility index (Phi) is 4.39. The number of nitrogens with zero attached hydrogens (tertiary/aromatic N) is 1. The molecule has 2 aromatic rings. The lowest BCUT2D eigenvalue weighted by Crippen LogP contribution is -2.22. The first kappa shape index (κ1) is 14.1. The molecular weight excluding hydrogens is 248 g/mol. The molecule has 0 spiro atoms. The lowest BCUT2D eigenvalue weighted by Gasteiger charge is -2.21. The van der Waals surface area contributed by atoms with Crippen LogP contribution in [0.3, 0.4) is 0 Å². The van der Waals surface area contributed by atoms with Crippen LogP contribution in [-0.2, 0) is 0 Å². The predicted molar refractivity (Wildman–Crippen MR) is 79.2 cm³/mol. The van der Waals surface area contributed by atoms with Crippen molar-refractivity contribution in [2.24, 2.45) is 0 Å². The molecule has 0 aliphatic carbocycles. The van der Waals surface area contributed by atoms with Crippen molar-refractivity contribution in [1.82, 2.24) is 5.32 Å². The van der Waals surface area contributed by atoms with Gasteiger partial charge in [0, 0.05) is 12.1 Å². The van der Waals surface area contributed by atoms with Crippen molar-refractivity contribution < 1.29 is 5.11 Å². The molecule has 3 heteroatoms. The first-order valence-electron chi connectivity index (χ1n) is 6.65. The van der Waals surface area contributed by atoms with Crippen LogP contribution in [0.25, 0.3) is 0 Å². The number of phenolic OH excluding ortho intramolecular Hbond substituents is 1. The third-order valence-corrected chi connectivity index (χ3v) is 3.43. The number of benzene rings is 2. The molecule has 0 saturated heterocycles. The van der Waals surface area contributed by atoms with E-state index in [1.165, 1.54) is 0 Å². The van der Waals surface area contributed by atoms with E-state index < -0.39 is 0 Å². The van der Waals surface area contributed by atoms with E-state index in [0.29, 0.717) is 5.56 Å². The Bertz CT molecular complexity index is 596. The minimum atomic E-state index is 0.182. The molecule has 3 nitrogen and oxygen atoms in total. The van der Waals surface area contributed by atoms with E-state index in [0.717, 1.165) is 11.1 Å². The molecular formula is C17H18N2O. The van der Waals surface area contributed by atoms with Gasteiger partial charge < -0.3 is 10.4 Å². The number of rotatable bonds is 4. The summed E-state index contributed by atoms with van der Waals surface area (Å²) in [6, 6.07) is 17.3. The van der Waals surface area contributed by atoms with Crippen molar-refractivity contribution in [3.63, 3.8) is 0 Å². The number of nitrogens with one attached hydrogen (secondary N) is 1. The maximum Gasteiger partial charge on any atom is 0.115 e. The largest absolute Gasteiger partial charge is 0.508 e. The molecule has 2 N–H and O–H groups in total. The zero-order valence-electron chi connectivity index (χ0n) is 11.7. The Hall–Kier alpha value is -2.31. The molecule has 0 aliphatic heterocycles. The summed E-state index contributed by atoms with van der Waals surface area (Å²) in [7, 11) is 0. The molecule has 20 heavy (non-hydrogen) atoms. The van der Waals surface area contributed by atoms with Gasteiger partial charge in [0.05, 0.1) is 11.6 Å². The number of aromatic hydroxyl groups is 1. The number of hydrogen-bond donors (Lipinski definition) is 2. The van der Waals surface area contributed by atoms with E-state index in [2.05, 4.69) is 25.2 Å². The number of hydrogen-bond acceptors (Lipinski definition) is 3. The van der Waals surface area contributed by atoms with Gasteiger partial charge in [0.15, 0.2) is 0 Å². The summed E-state index contributed by atoms with van der Waals surface area (Å²) in [5.41, 5.74) is 2.95. The van der Waals surface area contributed by atoms with Gasteiger partial charge in [-0.2, -0.15) is 5.26 Å². The molecule has 0 radical (unpaired) electrons. The number of phenols is 1. The van der Waals surface area contributed by atoms with Gasteiger partial charge in [-0.3, -0.25) is 0 Å². The highest BCUT2D eigenvalue weighted by atomic mass is 16.3. The standard InChI is InChI=1S/C17H18N2O/c1-12(15-5-3-14(11-18)4-6-15)19-13(2)16-7-9-17(20)10-8-16/h3-10,12-13,19-20H,1-2H3. The van der Waals surface area contributed by atoms with Crippen LogP contribution in [0.4, 0.5) is 0 Å². The third-order valence-electron chi connectivity index (χ3n) is 3.43. The Morgan fingerprint density at radius 2 is 1.35 bits per heavy atom. The van der Waals surface area contributed by atoms with Crippen molar-refractivity contribution >= 4 is 0 Å². The fourth-order valence-electron chi connectivity index (χ4n) is 2.18. The second-order valence-electron chi connectivity index (χ2n) is 4.94. The lowest BCUT2D eigenvalue weighted by atomic mass is 10.0. The van der Waals surface area contributed by atoms with Crippen LogP contribution < -0.4 is 5.32 Å². The zero-order valence-corrected chi connectivity index (χ0v) is 11.7. The molecule has 0 heterocycles. The second-order valence-corrected chi connectivity index (χ2v) is 4.94. The minimum absolute atomic E-state index is 0.182. The van der Waals surface area contributed by atoms with Gasteiger partial charge in [0.2, 0.25) is 0 Å². The van der Waals surface area contributed by atoms with Gasteiger partial charge in [0.1, 0.15) is 5.75 Å². The maximum absolute atomic E-state index is 9.30. The van der Waals surface area contributed by atoms with E-state index in [-0.39, 0.29) is 17.8 Å². The summed E-state index contributed by atoms with van der Waals surface area (Å²) >= 11 is 0. The smallest absolute Gasteiger partial charge is 0.115 e. The van der Waals surface area contributed by atoms with Crippen molar-refractivity contribution in [2.75, 3.05) is 0 Å². The predicted octanol–water partition coefficient (Wildman–Crippen LogP) is 3.68. The Morgan fingerprint density at radius 1 is 0.900 bits per heavy atom. The average Bonchev–Trinajstić information content (AvgIpc) is 2.48. The molecule has 0 saturated carbocycles. The van der Waals surface area contributed by atoms with Crippen LogP contribution in [0.5, 0.6) is 5.75 Å². The lowest BCUT2D eigenvalue weighted by molar-refractivity contribution is 0.472. The highest BCUT2D eigenvalue weighted by Crippen LogP contribution is 2.21.